The van der Waals surface area contributed by atoms with Gasteiger partial charge in [0.2, 0.25) is 0 Å². The van der Waals surface area contributed by atoms with E-state index >= 15 is 0 Å². The number of rotatable bonds is 9. The SMILES string of the molecule is CCOC(=O)C1=C(C)N=c2s/c(=C/c3cc(Br)c(OCc4cccc5ccccc45)c(OC)c3)c(=O)n2[C@@H]1c1ccc(C)c([N+](=O)[O-])c1. The minimum absolute atomic E-state index is 0.110. The van der Waals surface area contributed by atoms with Crippen molar-refractivity contribution < 1.29 is 23.9 Å². The Labute approximate surface area is 287 Å². The second-order valence-electron chi connectivity index (χ2n) is 11.1. The molecule has 0 fully saturated rings. The third-order valence-electron chi connectivity index (χ3n) is 8.06. The number of thiazole rings is 1. The second kappa shape index (κ2) is 13.6. The predicted octanol–water partition coefficient (Wildman–Crippen LogP) is 6.52. The smallest absolute Gasteiger partial charge is 0.338 e. The number of fused-ring (bicyclic) bond motifs is 2. The molecule has 48 heavy (non-hydrogen) atoms. The van der Waals surface area contributed by atoms with Crippen LogP contribution in [-0.2, 0) is 16.1 Å². The summed E-state index contributed by atoms with van der Waals surface area (Å²) in [5.74, 6) is 0.336. The van der Waals surface area contributed by atoms with E-state index < -0.39 is 22.5 Å². The number of hydrogen-bond acceptors (Lipinski definition) is 9. The van der Waals surface area contributed by atoms with Gasteiger partial charge < -0.3 is 14.2 Å². The van der Waals surface area contributed by atoms with Crippen LogP contribution in [0.3, 0.4) is 0 Å². The lowest BCUT2D eigenvalue weighted by atomic mass is 9.94. The molecule has 12 heteroatoms. The summed E-state index contributed by atoms with van der Waals surface area (Å²) in [5.41, 5.74) is 2.52. The number of benzene rings is 4. The molecule has 0 saturated heterocycles. The molecule has 1 aromatic heterocycles. The molecular formula is C36H30BrN3O7S. The topological polar surface area (TPSA) is 122 Å². The molecule has 0 aliphatic carbocycles. The van der Waals surface area contributed by atoms with Crippen molar-refractivity contribution in [1.82, 2.24) is 4.57 Å². The summed E-state index contributed by atoms with van der Waals surface area (Å²) in [7, 11) is 1.55. The molecule has 0 amide bonds. The van der Waals surface area contributed by atoms with Crippen molar-refractivity contribution in [2.75, 3.05) is 13.7 Å². The van der Waals surface area contributed by atoms with Crippen molar-refractivity contribution >= 4 is 55.8 Å². The number of aromatic nitrogens is 1. The van der Waals surface area contributed by atoms with Crippen LogP contribution in [0, 0.1) is 17.0 Å². The van der Waals surface area contributed by atoms with Crippen LogP contribution in [0.15, 0.2) is 98.3 Å². The highest BCUT2D eigenvalue weighted by Gasteiger charge is 2.34. The molecule has 0 saturated carbocycles. The molecule has 1 aliphatic rings. The van der Waals surface area contributed by atoms with Gasteiger partial charge in [-0.15, -0.1) is 0 Å². The van der Waals surface area contributed by atoms with Crippen LogP contribution >= 0.6 is 27.3 Å². The van der Waals surface area contributed by atoms with E-state index in [4.69, 9.17) is 14.2 Å². The van der Waals surface area contributed by atoms with Gasteiger partial charge in [0.25, 0.3) is 11.2 Å². The van der Waals surface area contributed by atoms with Gasteiger partial charge in [-0.25, -0.2) is 9.79 Å². The molecule has 0 N–H and O–H groups in total. The third-order valence-corrected chi connectivity index (χ3v) is 9.64. The number of methoxy groups -OCH3 is 1. The number of nitro benzene ring substituents is 1. The van der Waals surface area contributed by atoms with Crippen molar-refractivity contribution in [3.63, 3.8) is 0 Å². The molecule has 2 heterocycles. The molecule has 0 bridgehead atoms. The van der Waals surface area contributed by atoms with Gasteiger partial charge in [-0.1, -0.05) is 65.9 Å². The lowest BCUT2D eigenvalue weighted by Gasteiger charge is -2.24. The molecule has 0 spiro atoms. The number of allylic oxidation sites excluding steroid dienone is 1. The predicted molar refractivity (Wildman–Crippen MR) is 187 cm³/mol. The summed E-state index contributed by atoms with van der Waals surface area (Å²) in [6.07, 6.45) is 1.71. The van der Waals surface area contributed by atoms with E-state index in [1.807, 2.05) is 30.3 Å². The van der Waals surface area contributed by atoms with Crippen LogP contribution in [-0.4, -0.2) is 29.2 Å². The summed E-state index contributed by atoms with van der Waals surface area (Å²) in [6.45, 7) is 5.40. The molecule has 0 unspecified atom stereocenters. The van der Waals surface area contributed by atoms with Gasteiger partial charge >= 0.3 is 5.97 Å². The second-order valence-corrected chi connectivity index (χ2v) is 12.9. The van der Waals surface area contributed by atoms with Gasteiger partial charge in [-0.2, -0.15) is 0 Å². The lowest BCUT2D eigenvalue weighted by Crippen LogP contribution is -2.40. The van der Waals surface area contributed by atoms with Gasteiger partial charge in [0, 0.05) is 11.6 Å². The van der Waals surface area contributed by atoms with Gasteiger partial charge in [0.15, 0.2) is 16.3 Å². The van der Waals surface area contributed by atoms with Gasteiger partial charge in [-0.05, 0) is 82.4 Å². The number of nitro groups is 1. The lowest BCUT2D eigenvalue weighted by molar-refractivity contribution is -0.385. The number of carbonyl (C=O) groups excluding carboxylic acids is 1. The fourth-order valence-corrected chi connectivity index (χ4v) is 7.40. The number of carbonyl (C=O) groups is 1. The average Bonchev–Trinajstić information content (AvgIpc) is 3.37. The highest BCUT2D eigenvalue weighted by atomic mass is 79.9. The van der Waals surface area contributed by atoms with Gasteiger partial charge in [-0.3, -0.25) is 19.5 Å². The number of halogens is 1. The number of nitrogens with zero attached hydrogens (tertiary/aromatic N) is 3. The minimum Gasteiger partial charge on any atom is -0.493 e. The maximum Gasteiger partial charge on any atom is 0.338 e. The van der Waals surface area contributed by atoms with E-state index in [9.17, 15) is 19.7 Å². The number of esters is 1. The van der Waals surface area contributed by atoms with Crippen LogP contribution in [0.25, 0.3) is 16.8 Å². The Morgan fingerprint density at radius 2 is 1.88 bits per heavy atom. The van der Waals surface area contributed by atoms with E-state index in [2.05, 4.69) is 39.1 Å². The Balaban J connectivity index is 1.42. The molecule has 10 nitrogen and oxygen atoms in total. The van der Waals surface area contributed by atoms with Crippen molar-refractivity contribution in [3.05, 3.63) is 141 Å². The summed E-state index contributed by atoms with van der Waals surface area (Å²) >= 11 is 4.78. The third kappa shape index (κ3) is 6.16. The molecule has 1 aliphatic heterocycles. The Morgan fingerprint density at radius 3 is 2.62 bits per heavy atom. The normalized spacial score (nSPS) is 14.4. The van der Waals surface area contributed by atoms with Crippen LogP contribution < -0.4 is 24.4 Å². The summed E-state index contributed by atoms with van der Waals surface area (Å²) in [6, 6.07) is 21.5. The highest BCUT2D eigenvalue weighted by molar-refractivity contribution is 9.10. The minimum atomic E-state index is -0.979. The van der Waals surface area contributed by atoms with Gasteiger partial charge in [0.1, 0.15) is 6.61 Å². The molecule has 5 aromatic rings. The largest absolute Gasteiger partial charge is 0.493 e. The Bertz CT molecular complexity index is 2320. The maximum atomic E-state index is 14.1. The van der Waals surface area contributed by atoms with Gasteiger partial charge in [0.05, 0.1) is 45.0 Å². The Kier molecular flexibility index (Phi) is 9.29. The number of ether oxygens (including phenoxy) is 3. The van der Waals surface area contributed by atoms with Crippen LogP contribution in [0.5, 0.6) is 11.5 Å². The molecule has 0 radical (unpaired) electrons. The van der Waals surface area contributed by atoms with Crippen molar-refractivity contribution in [1.29, 1.82) is 0 Å². The summed E-state index contributed by atoms with van der Waals surface area (Å²) in [4.78, 5) is 43.6. The standard InChI is InChI=1S/C36H30BrN3O7S/c1-5-46-35(42)31-21(3)38-36-39(32(31)24-14-13-20(2)28(18-24)40(43)44)34(41)30(48-36)17-22-15-27(37)33(29(16-22)45-4)47-19-25-11-8-10-23-9-6-7-12-26(23)25/h6-18,32H,5,19H2,1-4H3/b30-17+/t32-/m1/s1. The van der Waals surface area contributed by atoms with Crippen molar-refractivity contribution in [2.24, 2.45) is 4.99 Å². The number of aryl methyl sites for hydroxylation is 1. The van der Waals surface area contributed by atoms with Crippen LogP contribution in [0.4, 0.5) is 5.69 Å². The summed E-state index contributed by atoms with van der Waals surface area (Å²) < 4.78 is 19.7. The first-order valence-electron chi connectivity index (χ1n) is 15.0. The highest BCUT2D eigenvalue weighted by Crippen LogP contribution is 2.38. The fraction of sp³-hybridized carbons (Fsp3) is 0.194. The molecule has 6 rings (SSSR count). The average molecular weight is 729 g/mol. The fourth-order valence-electron chi connectivity index (χ4n) is 5.78. The Hall–Kier alpha value is -5.07. The first kappa shape index (κ1) is 32.9. The zero-order chi connectivity index (χ0) is 34.1. The van der Waals surface area contributed by atoms with E-state index in [0.717, 1.165) is 27.7 Å². The van der Waals surface area contributed by atoms with Crippen LogP contribution in [0.1, 0.15) is 42.1 Å². The quantitative estimate of drug-likeness (QED) is 0.0963. The summed E-state index contributed by atoms with van der Waals surface area (Å²) in [5, 5.41) is 14.0. The molecule has 1 atom stereocenters. The molecular weight excluding hydrogens is 698 g/mol. The number of hydrogen-bond donors (Lipinski definition) is 0. The monoisotopic (exact) mass is 727 g/mol. The van der Waals surface area contributed by atoms with E-state index in [-0.39, 0.29) is 17.9 Å². The van der Waals surface area contributed by atoms with Crippen molar-refractivity contribution in [2.45, 2.75) is 33.4 Å². The van der Waals surface area contributed by atoms with E-state index in [1.54, 1.807) is 52.2 Å². The van der Waals surface area contributed by atoms with Crippen LogP contribution in [0.2, 0.25) is 0 Å². The molecule has 244 valence electrons. The Morgan fingerprint density at radius 1 is 1.10 bits per heavy atom. The molecule has 4 aromatic carbocycles. The van der Waals surface area contributed by atoms with E-state index in [1.165, 1.54) is 10.6 Å². The first-order chi connectivity index (χ1) is 23.1. The first-order valence-corrected chi connectivity index (χ1v) is 16.6. The van der Waals surface area contributed by atoms with Crippen molar-refractivity contribution in [3.8, 4) is 11.5 Å². The van der Waals surface area contributed by atoms with E-state index in [0.29, 0.717) is 54.3 Å². The zero-order valence-corrected chi connectivity index (χ0v) is 28.9. The maximum absolute atomic E-state index is 14.1. The zero-order valence-electron chi connectivity index (χ0n) is 26.5.